The van der Waals surface area contributed by atoms with E-state index in [0.717, 1.165) is 0 Å². The minimum atomic E-state index is -3.71. The zero-order valence-corrected chi connectivity index (χ0v) is 14.0. The Balaban J connectivity index is 2.26. The van der Waals surface area contributed by atoms with Gasteiger partial charge in [-0.25, -0.2) is 8.42 Å². The van der Waals surface area contributed by atoms with Gasteiger partial charge in [-0.3, -0.25) is 4.72 Å². The summed E-state index contributed by atoms with van der Waals surface area (Å²) in [6, 6.07) is 12.9. The summed E-state index contributed by atoms with van der Waals surface area (Å²) in [5.41, 5.74) is 0.977. The normalized spacial score (nSPS) is 10.8. The van der Waals surface area contributed by atoms with Crippen LogP contribution < -0.4 is 15.4 Å². The van der Waals surface area contributed by atoms with E-state index in [2.05, 4.69) is 15.4 Å². The van der Waals surface area contributed by atoms with E-state index in [1.165, 1.54) is 18.2 Å². The van der Waals surface area contributed by atoms with Crippen LogP contribution in [0.2, 0.25) is 5.02 Å². The van der Waals surface area contributed by atoms with E-state index < -0.39 is 10.0 Å². The van der Waals surface area contributed by atoms with Gasteiger partial charge in [-0.1, -0.05) is 23.7 Å². The highest BCUT2D eigenvalue weighted by Gasteiger charge is 2.15. The molecule has 22 heavy (non-hydrogen) atoms. The topological polar surface area (TPSA) is 70.2 Å². The monoisotopic (exact) mass is 355 g/mol. The Bertz CT molecular complexity index is 794. The van der Waals surface area contributed by atoms with Crippen molar-refractivity contribution in [1.29, 1.82) is 0 Å². The molecule has 2 rings (SSSR count). The number of hydrogen-bond acceptors (Lipinski definition) is 3. The molecular weight excluding hydrogens is 342 g/mol. The van der Waals surface area contributed by atoms with Crippen molar-refractivity contribution in [1.82, 2.24) is 5.32 Å². The molecule has 0 fully saturated rings. The Morgan fingerprint density at radius 3 is 2.45 bits per heavy atom. The number of sulfonamides is 1. The lowest BCUT2D eigenvalue weighted by atomic mass is 10.3. The maximum atomic E-state index is 12.4. The van der Waals surface area contributed by atoms with Crippen molar-refractivity contribution in [3.05, 3.63) is 53.6 Å². The third-order valence-electron chi connectivity index (χ3n) is 2.71. The van der Waals surface area contributed by atoms with Crippen LogP contribution in [0.25, 0.3) is 0 Å². The Labute approximate surface area is 139 Å². The van der Waals surface area contributed by atoms with Crippen LogP contribution in [0.4, 0.5) is 11.4 Å². The zero-order chi connectivity index (χ0) is 16.2. The van der Waals surface area contributed by atoms with Gasteiger partial charge in [0.25, 0.3) is 10.0 Å². The largest absolute Gasteiger partial charge is 0.366 e. The van der Waals surface area contributed by atoms with Gasteiger partial charge in [0.2, 0.25) is 0 Å². The fourth-order valence-corrected chi connectivity index (χ4v) is 3.10. The zero-order valence-electron chi connectivity index (χ0n) is 11.6. The van der Waals surface area contributed by atoms with Crippen LogP contribution in [0.5, 0.6) is 0 Å². The molecule has 0 spiro atoms. The lowest BCUT2D eigenvalue weighted by molar-refractivity contribution is 0.601. The molecule has 0 unspecified atom stereocenters. The molecule has 0 aromatic heterocycles. The molecule has 116 valence electrons. The predicted octanol–water partition coefficient (Wildman–Crippen LogP) is 3.06. The van der Waals surface area contributed by atoms with Gasteiger partial charge in [-0.15, -0.1) is 0 Å². The molecule has 0 bridgehead atoms. The highest BCUT2D eigenvalue weighted by atomic mass is 35.5. The van der Waals surface area contributed by atoms with Gasteiger partial charge in [0.15, 0.2) is 5.11 Å². The van der Waals surface area contributed by atoms with Gasteiger partial charge in [-0.05, 0) is 48.6 Å². The quantitative estimate of drug-likeness (QED) is 0.735. The average molecular weight is 356 g/mol. The lowest BCUT2D eigenvalue weighted by Gasteiger charge is -2.11. The number of anilines is 2. The van der Waals surface area contributed by atoms with Crippen LogP contribution >= 0.6 is 23.8 Å². The van der Waals surface area contributed by atoms with Crippen molar-refractivity contribution in [2.75, 3.05) is 17.1 Å². The molecule has 0 aliphatic heterocycles. The van der Waals surface area contributed by atoms with Crippen LogP contribution in [-0.2, 0) is 10.0 Å². The third kappa shape index (κ3) is 4.33. The van der Waals surface area contributed by atoms with E-state index in [-0.39, 0.29) is 4.90 Å². The van der Waals surface area contributed by atoms with Crippen molar-refractivity contribution in [2.45, 2.75) is 4.90 Å². The van der Waals surface area contributed by atoms with E-state index in [1.807, 2.05) is 0 Å². The molecule has 0 radical (unpaired) electrons. The molecule has 0 saturated carbocycles. The van der Waals surface area contributed by atoms with E-state index in [9.17, 15) is 8.42 Å². The van der Waals surface area contributed by atoms with E-state index in [4.69, 9.17) is 23.8 Å². The molecule has 0 aliphatic rings. The first-order chi connectivity index (χ1) is 10.4. The summed E-state index contributed by atoms with van der Waals surface area (Å²) in [4.78, 5) is 0.122. The maximum absolute atomic E-state index is 12.4. The molecule has 0 heterocycles. The highest BCUT2D eigenvalue weighted by molar-refractivity contribution is 7.92. The second-order valence-electron chi connectivity index (χ2n) is 4.35. The molecule has 5 nitrogen and oxygen atoms in total. The number of nitrogens with one attached hydrogen (secondary N) is 3. The van der Waals surface area contributed by atoms with Crippen LogP contribution in [0.15, 0.2) is 53.4 Å². The number of rotatable bonds is 4. The molecule has 8 heteroatoms. The van der Waals surface area contributed by atoms with Crippen molar-refractivity contribution >= 4 is 50.3 Å². The maximum Gasteiger partial charge on any atom is 0.261 e. The molecule has 3 N–H and O–H groups in total. The summed E-state index contributed by atoms with van der Waals surface area (Å²) in [6.45, 7) is 0. The minimum absolute atomic E-state index is 0.122. The van der Waals surface area contributed by atoms with Gasteiger partial charge < -0.3 is 10.6 Å². The first-order valence-electron chi connectivity index (χ1n) is 6.28. The van der Waals surface area contributed by atoms with Gasteiger partial charge in [0, 0.05) is 17.8 Å². The summed E-state index contributed by atoms with van der Waals surface area (Å²) >= 11 is 10.8. The second kappa shape index (κ2) is 6.95. The summed E-state index contributed by atoms with van der Waals surface area (Å²) < 4.78 is 27.3. The van der Waals surface area contributed by atoms with Crippen molar-refractivity contribution in [2.24, 2.45) is 0 Å². The van der Waals surface area contributed by atoms with Crippen molar-refractivity contribution < 1.29 is 8.42 Å². The first-order valence-corrected chi connectivity index (χ1v) is 8.55. The molecule has 0 aliphatic carbocycles. The van der Waals surface area contributed by atoms with Crippen LogP contribution in [0.1, 0.15) is 0 Å². The molecular formula is C14H14ClN3O2S2. The van der Waals surface area contributed by atoms with Crippen LogP contribution in [0, 0.1) is 0 Å². The third-order valence-corrected chi connectivity index (χ3v) is 4.63. The Kier molecular flexibility index (Phi) is 5.23. The van der Waals surface area contributed by atoms with Gasteiger partial charge in [-0.2, -0.15) is 0 Å². The second-order valence-corrected chi connectivity index (χ2v) is 6.87. The number of halogens is 1. The number of benzene rings is 2. The molecule has 0 amide bonds. The lowest BCUT2D eigenvalue weighted by Crippen LogP contribution is -2.24. The SMILES string of the molecule is CNC(=S)Nc1cccc(S(=O)(=O)Nc2cccc(Cl)c2)c1. The van der Waals surface area contributed by atoms with Gasteiger partial charge in [0.1, 0.15) is 0 Å². The average Bonchev–Trinajstić information content (AvgIpc) is 2.47. The molecule has 2 aromatic rings. The molecule has 2 aromatic carbocycles. The first kappa shape index (κ1) is 16.5. The molecule has 0 saturated heterocycles. The Morgan fingerprint density at radius 2 is 1.77 bits per heavy atom. The van der Waals surface area contributed by atoms with Gasteiger partial charge >= 0.3 is 0 Å². The van der Waals surface area contributed by atoms with Crippen molar-refractivity contribution in [3.8, 4) is 0 Å². The van der Waals surface area contributed by atoms with Crippen molar-refractivity contribution in [3.63, 3.8) is 0 Å². The minimum Gasteiger partial charge on any atom is -0.366 e. The highest BCUT2D eigenvalue weighted by Crippen LogP contribution is 2.21. The fourth-order valence-electron chi connectivity index (χ4n) is 1.70. The summed E-state index contributed by atoms with van der Waals surface area (Å²) in [7, 11) is -2.03. The Morgan fingerprint density at radius 1 is 1.09 bits per heavy atom. The molecule has 0 atom stereocenters. The Hall–Kier alpha value is -1.83. The van der Waals surface area contributed by atoms with E-state index >= 15 is 0 Å². The number of hydrogen-bond donors (Lipinski definition) is 3. The van der Waals surface area contributed by atoms with Crippen LogP contribution in [0.3, 0.4) is 0 Å². The predicted molar refractivity (Wildman–Crippen MR) is 94.0 cm³/mol. The van der Waals surface area contributed by atoms with E-state index in [1.54, 1.807) is 37.4 Å². The smallest absolute Gasteiger partial charge is 0.261 e. The summed E-state index contributed by atoms with van der Waals surface area (Å²) in [5.74, 6) is 0. The summed E-state index contributed by atoms with van der Waals surface area (Å²) in [6.07, 6.45) is 0. The van der Waals surface area contributed by atoms with Gasteiger partial charge in [0.05, 0.1) is 10.6 Å². The standard InChI is InChI=1S/C14H14ClN3O2S2/c1-16-14(21)17-11-5-3-7-13(9-11)22(19,20)18-12-6-2-4-10(15)8-12/h2-9,18H,1H3,(H2,16,17,21). The summed E-state index contributed by atoms with van der Waals surface area (Å²) in [5, 5.41) is 6.50. The fraction of sp³-hybridized carbons (Fsp3) is 0.0714. The van der Waals surface area contributed by atoms with E-state index in [0.29, 0.717) is 21.5 Å². The van der Waals surface area contributed by atoms with Crippen LogP contribution in [-0.4, -0.2) is 20.6 Å². The number of thiocarbonyl (C=S) groups is 1.